The first-order chi connectivity index (χ1) is 10.1. The minimum atomic E-state index is -0.507. The van der Waals surface area contributed by atoms with Crippen LogP contribution in [0.15, 0.2) is 24.3 Å². The summed E-state index contributed by atoms with van der Waals surface area (Å²) in [5, 5.41) is 2.98. The first kappa shape index (κ1) is 14.0. The van der Waals surface area contributed by atoms with Gasteiger partial charge in [-0.25, -0.2) is 4.39 Å². The average molecular weight is 290 g/mol. The van der Waals surface area contributed by atoms with Gasteiger partial charge in [-0.3, -0.25) is 9.59 Å². The number of amides is 2. The number of hydrogen-bond acceptors (Lipinski definition) is 2. The second-order valence-electron chi connectivity index (χ2n) is 5.85. The first-order valence-corrected chi connectivity index (χ1v) is 7.49. The minimum Gasteiger partial charge on any atom is -0.353 e. The molecule has 0 bridgehead atoms. The SMILES string of the molecule is O=C(NC1CC1)[C@@H]1CCCN(C(=O)c2ccccc2F)C1. The van der Waals surface area contributed by atoms with Gasteiger partial charge in [-0.15, -0.1) is 0 Å². The second-order valence-corrected chi connectivity index (χ2v) is 5.85. The molecule has 1 saturated carbocycles. The predicted molar refractivity (Wildman–Crippen MR) is 76.2 cm³/mol. The molecule has 1 aliphatic carbocycles. The smallest absolute Gasteiger partial charge is 0.256 e. The Labute approximate surface area is 123 Å². The lowest BCUT2D eigenvalue weighted by atomic mass is 9.96. The van der Waals surface area contributed by atoms with E-state index in [-0.39, 0.29) is 23.3 Å². The summed E-state index contributed by atoms with van der Waals surface area (Å²) in [4.78, 5) is 26.1. The summed E-state index contributed by atoms with van der Waals surface area (Å²) in [6.07, 6.45) is 3.68. The Kier molecular flexibility index (Phi) is 3.90. The molecule has 1 heterocycles. The molecule has 0 spiro atoms. The number of piperidine rings is 1. The Morgan fingerprint density at radius 1 is 1.19 bits per heavy atom. The fraction of sp³-hybridized carbons (Fsp3) is 0.500. The van der Waals surface area contributed by atoms with Crippen LogP contribution in [0.1, 0.15) is 36.0 Å². The molecular weight excluding hydrogens is 271 g/mol. The van der Waals surface area contributed by atoms with E-state index in [0.717, 1.165) is 25.7 Å². The van der Waals surface area contributed by atoms with Gasteiger partial charge < -0.3 is 10.2 Å². The third-order valence-electron chi connectivity index (χ3n) is 4.11. The molecule has 1 saturated heterocycles. The summed E-state index contributed by atoms with van der Waals surface area (Å²) in [6, 6.07) is 6.32. The Balaban J connectivity index is 1.66. The molecule has 1 aromatic carbocycles. The normalized spacial score (nSPS) is 22.0. The average Bonchev–Trinajstić information content (AvgIpc) is 3.31. The van der Waals surface area contributed by atoms with Gasteiger partial charge in [-0.2, -0.15) is 0 Å². The van der Waals surface area contributed by atoms with Crippen molar-refractivity contribution in [1.29, 1.82) is 0 Å². The van der Waals surface area contributed by atoms with E-state index in [1.165, 1.54) is 12.1 Å². The Hall–Kier alpha value is -1.91. The summed E-state index contributed by atoms with van der Waals surface area (Å²) in [6.45, 7) is 0.964. The maximum Gasteiger partial charge on any atom is 0.256 e. The van der Waals surface area contributed by atoms with Crippen LogP contribution < -0.4 is 5.32 Å². The fourth-order valence-electron chi connectivity index (χ4n) is 2.73. The molecule has 1 N–H and O–H groups in total. The van der Waals surface area contributed by atoms with Crippen molar-refractivity contribution in [1.82, 2.24) is 10.2 Å². The van der Waals surface area contributed by atoms with Gasteiger partial charge >= 0.3 is 0 Å². The Morgan fingerprint density at radius 2 is 1.95 bits per heavy atom. The molecule has 5 heteroatoms. The number of benzene rings is 1. The number of nitrogens with one attached hydrogen (secondary N) is 1. The van der Waals surface area contributed by atoms with E-state index in [0.29, 0.717) is 19.1 Å². The number of carbonyl (C=O) groups is 2. The van der Waals surface area contributed by atoms with Crippen molar-refractivity contribution in [2.45, 2.75) is 31.7 Å². The van der Waals surface area contributed by atoms with Crippen LogP contribution in [-0.4, -0.2) is 35.8 Å². The van der Waals surface area contributed by atoms with Crippen LogP contribution in [0.5, 0.6) is 0 Å². The summed E-state index contributed by atoms with van der Waals surface area (Å²) in [7, 11) is 0. The van der Waals surface area contributed by atoms with Crippen molar-refractivity contribution in [3.63, 3.8) is 0 Å². The zero-order valence-electron chi connectivity index (χ0n) is 11.8. The lowest BCUT2D eigenvalue weighted by Gasteiger charge is -2.32. The van der Waals surface area contributed by atoms with Gasteiger partial charge in [0.2, 0.25) is 5.91 Å². The Morgan fingerprint density at radius 3 is 2.67 bits per heavy atom. The van der Waals surface area contributed by atoms with Crippen molar-refractivity contribution in [3.8, 4) is 0 Å². The third-order valence-corrected chi connectivity index (χ3v) is 4.11. The van der Waals surface area contributed by atoms with Crippen molar-refractivity contribution < 1.29 is 14.0 Å². The largest absolute Gasteiger partial charge is 0.353 e. The van der Waals surface area contributed by atoms with Crippen molar-refractivity contribution in [2.75, 3.05) is 13.1 Å². The molecule has 0 radical (unpaired) electrons. The quantitative estimate of drug-likeness (QED) is 0.925. The summed E-state index contributed by atoms with van der Waals surface area (Å²) in [5.41, 5.74) is 0.0840. The van der Waals surface area contributed by atoms with E-state index in [1.807, 2.05) is 0 Å². The molecule has 21 heavy (non-hydrogen) atoms. The summed E-state index contributed by atoms with van der Waals surface area (Å²) < 4.78 is 13.7. The molecule has 2 fully saturated rings. The van der Waals surface area contributed by atoms with Crippen LogP contribution in [0.4, 0.5) is 4.39 Å². The van der Waals surface area contributed by atoms with Crippen LogP contribution >= 0.6 is 0 Å². The lowest BCUT2D eigenvalue weighted by molar-refractivity contribution is -0.126. The van der Waals surface area contributed by atoms with E-state index in [9.17, 15) is 14.0 Å². The lowest BCUT2D eigenvalue weighted by Crippen LogP contribution is -2.46. The van der Waals surface area contributed by atoms with Crippen LogP contribution in [-0.2, 0) is 4.79 Å². The maximum atomic E-state index is 13.7. The van der Waals surface area contributed by atoms with E-state index in [2.05, 4.69) is 5.32 Å². The highest BCUT2D eigenvalue weighted by molar-refractivity contribution is 5.95. The molecule has 1 atom stereocenters. The number of halogens is 1. The molecule has 0 aromatic heterocycles. The molecule has 2 aliphatic rings. The number of likely N-dealkylation sites (tertiary alicyclic amines) is 1. The summed E-state index contributed by atoms with van der Waals surface area (Å²) in [5.74, 6) is -0.970. The molecule has 2 amide bonds. The molecule has 1 aromatic rings. The van der Waals surface area contributed by atoms with Crippen LogP contribution in [0.3, 0.4) is 0 Å². The number of hydrogen-bond donors (Lipinski definition) is 1. The second kappa shape index (κ2) is 5.84. The number of nitrogens with zero attached hydrogens (tertiary/aromatic N) is 1. The highest BCUT2D eigenvalue weighted by Gasteiger charge is 2.32. The zero-order valence-corrected chi connectivity index (χ0v) is 11.8. The van der Waals surface area contributed by atoms with E-state index < -0.39 is 5.82 Å². The highest BCUT2D eigenvalue weighted by Crippen LogP contribution is 2.23. The van der Waals surface area contributed by atoms with Crippen LogP contribution in [0, 0.1) is 11.7 Å². The number of carbonyl (C=O) groups excluding carboxylic acids is 2. The molecule has 3 rings (SSSR count). The van der Waals surface area contributed by atoms with Crippen molar-refractivity contribution >= 4 is 11.8 Å². The molecular formula is C16H19FN2O2. The van der Waals surface area contributed by atoms with Gasteiger partial charge in [-0.1, -0.05) is 12.1 Å². The zero-order chi connectivity index (χ0) is 14.8. The molecule has 112 valence electrons. The maximum absolute atomic E-state index is 13.7. The van der Waals surface area contributed by atoms with E-state index in [1.54, 1.807) is 17.0 Å². The predicted octanol–water partition coefficient (Wildman–Crippen LogP) is 1.96. The van der Waals surface area contributed by atoms with Gasteiger partial charge in [0.15, 0.2) is 0 Å². The first-order valence-electron chi connectivity index (χ1n) is 7.49. The number of rotatable bonds is 3. The highest BCUT2D eigenvalue weighted by atomic mass is 19.1. The van der Waals surface area contributed by atoms with Gasteiger partial charge in [0, 0.05) is 19.1 Å². The van der Waals surface area contributed by atoms with E-state index >= 15 is 0 Å². The fourth-order valence-corrected chi connectivity index (χ4v) is 2.73. The van der Waals surface area contributed by atoms with Crippen molar-refractivity contribution in [3.05, 3.63) is 35.6 Å². The van der Waals surface area contributed by atoms with Gasteiger partial charge in [0.25, 0.3) is 5.91 Å². The van der Waals surface area contributed by atoms with Crippen LogP contribution in [0.25, 0.3) is 0 Å². The van der Waals surface area contributed by atoms with Crippen molar-refractivity contribution in [2.24, 2.45) is 5.92 Å². The van der Waals surface area contributed by atoms with Crippen LogP contribution in [0.2, 0.25) is 0 Å². The van der Waals surface area contributed by atoms with Gasteiger partial charge in [-0.05, 0) is 37.8 Å². The van der Waals surface area contributed by atoms with E-state index in [4.69, 9.17) is 0 Å². The third kappa shape index (κ3) is 3.23. The minimum absolute atomic E-state index is 0.0310. The molecule has 0 unspecified atom stereocenters. The molecule has 4 nitrogen and oxygen atoms in total. The monoisotopic (exact) mass is 290 g/mol. The topological polar surface area (TPSA) is 49.4 Å². The van der Waals surface area contributed by atoms with Gasteiger partial charge in [0.05, 0.1) is 11.5 Å². The Bertz CT molecular complexity index is 557. The standard InChI is InChI=1S/C16H19FN2O2/c17-14-6-2-1-5-13(14)16(21)19-9-3-4-11(10-19)15(20)18-12-7-8-12/h1-2,5-6,11-12H,3-4,7-10H2,(H,18,20)/t11-/m1/s1. The van der Waals surface area contributed by atoms with Gasteiger partial charge in [0.1, 0.15) is 5.82 Å². The summed E-state index contributed by atoms with van der Waals surface area (Å²) >= 11 is 0. The molecule has 1 aliphatic heterocycles.